The van der Waals surface area contributed by atoms with Gasteiger partial charge in [-0.25, -0.2) is 4.68 Å². The fourth-order valence-electron chi connectivity index (χ4n) is 0.684. The lowest BCUT2D eigenvalue weighted by Gasteiger charge is -1.98. The second kappa shape index (κ2) is 3.53. The molecule has 6 nitrogen and oxygen atoms in total. The maximum absolute atomic E-state index is 10.3. The van der Waals surface area contributed by atoms with Crippen molar-refractivity contribution >= 4 is 21.9 Å². The van der Waals surface area contributed by atoms with Crippen molar-refractivity contribution in [3.05, 3.63) is 4.73 Å². The van der Waals surface area contributed by atoms with Crippen LogP contribution >= 0.6 is 15.9 Å². The molecule has 66 valence electrons. The Bertz CT molecular complexity index is 298. The number of methoxy groups -OCH3 is 1. The molecule has 0 aliphatic rings. The molecule has 0 amide bonds. The average molecular weight is 236 g/mol. The molecule has 0 fully saturated rings. The van der Waals surface area contributed by atoms with Crippen molar-refractivity contribution in [1.82, 2.24) is 14.8 Å². The number of rotatable bonds is 3. The third kappa shape index (κ3) is 1.94. The standard InChI is InChI=1S/C5H6BrN3O3/c1-12-5-7-4(6)8-9(5)2-3(10)11/h2H2,1H3,(H,10,11). The topological polar surface area (TPSA) is 77.2 Å². The van der Waals surface area contributed by atoms with Gasteiger partial charge < -0.3 is 9.84 Å². The number of hydrogen-bond donors (Lipinski definition) is 1. The number of nitrogens with zero attached hydrogens (tertiary/aromatic N) is 3. The number of hydrogen-bond acceptors (Lipinski definition) is 4. The van der Waals surface area contributed by atoms with Gasteiger partial charge in [-0.15, -0.1) is 5.10 Å². The zero-order valence-electron chi connectivity index (χ0n) is 6.19. The number of carboxylic acid groups (broad SMARTS) is 1. The lowest BCUT2D eigenvalue weighted by Crippen LogP contribution is -2.11. The molecule has 0 radical (unpaired) electrons. The number of aromatic nitrogens is 3. The zero-order valence-corrected chi connectivity index (χ0v) is 7.78. The van der Waals surface area contributed by atoms with E-state index in [2.05, 4.69) is 26.0 Å². The van der Waals surface area contributed by atoms with Crippen LogP contribution in [0.2, 0.25) is 0 Å². The molecule has 1 N–H and O–H groups in total. The summed E-state index contributed by atoms with van der Waals surface area (Å²) in [5.74, 6) is -0.995. The minimum atomic E-state index is -0.995. The van der Waals surface area contributed by atoms with Crippen LogP contribution in [0.25, 0.3) is 0 Å². The Morgan fingerprint density at radius 1 is 1.83 bits per heavy atom. The summed E-state index contributed by atoms with van der Waals surface area (Å²) in [5, 5.41) is 12.2. The average Bonchev–Trinajstić information content (AvgIpc) is 2.29. The van der Waals surface area contributed by atoms with Crippen molar-refractivity contribution in [3.63, 3.8) is 0 Å². The summed E-state index contributed by atoms with van der Waals surface area (Å²) in [7, 11) is 1.40. The smallest absolute Gasteiger partial charge is 0.325 e. The Balaban J connectivity index is 2.89. The van der Waals surface area contributed by atoms with E-state index in [0.717, 1.165) is 4.68 Å². The first kappa shape index (κ1) is 8.98. The lowest BCUT2D eigenvalue weighted by atomic mass is 10.7. The molecule has 0 aliphatic carbocycles. The first-order chi connectivity index (χ1) is 5.63. The van der Waals surface area contributed by atoms with Gasteiger partial charge in [0.25, 0.3) is 0 Å². The number of aliphatic carboxylic acids is 1. The van der Waals surface area contributed by atoms with Gasteiger partial charge in [-0.05, 0) is 15.9 Å². The Kier molecular flexibility index (Phi) is 2.64. The highest BCUT2D eigenvalue weighted by molar-refractivity contribution is 9.10. The van der Waals surface area contributed by atoms with Gasteiger partial charge in [0.1, 0.15) is 6.54 Å². The zero-order chi connectivity index (χ0) is 9.14. The summed E-state index contributed by atoms with van der Waals surface area (Å²) in [4.78, 5) is 14.1. The predicted octanol–water partition coefficient (Wildman–Crippen LogP) is 0.134. The van der Waals surface area contributed by atoms with Gasteiger partial charge in [0.2, 0.25) is 4.73 Å². The number of carboxylic acids is 1. The van der Waals surface area contributed by atoms with Crippen LogP contribution in [0.1, 0.15) is 0 Å². The molecule has 1 heterocycles. The monoisotopic (exact) mass is 235 g/mol. The van der Waals surface area contributed by atoms with Gasteiger partial charge in [0.15, 0.2) is 0 Å². The normalized spacial score (nSPS) is 9.83. The van der Waals surface area contributed by atoms with Gasteiger partial charge in [-0.3, -0.25) is 4.79 Å². The van der Waals surface area contributed by atoms with Crippen LogP contribution in [0.4, 0.5) is 0 Å². The molecule has 0 spiro atoms. The van der Waals surface area contributed by atoms with Crippen LogP contribution in [0.3, 0.4) is 0 Å². The quantitative estimate of drug-likeness (QED) is 0.807. The Morgan fingerprint density at radius 2 is 2.50 bits per heavy atom. The molecule has 1 rings (SSSR count). The summed E-state index contributed by atoms with van der Waals surface area (Å²) in [6, 6.07) is 0.171. The third-order valence-electron chi connectivity index (χ3n) is 1.08. The van der Waals surface area contributed by atoms with Gasteiger partial charge in [0, 0.05) is 0 Å². The number of ether oxygens (including phenoxy) is 1. The van der Waals surface area contributed by atoms with E-state index < -0.39 is 5.97 Å². The summed E-state index contributed by atoms with van der Waals surface area (Å²) >= 11 is 3.00. The molecule has 12 heavy (non-hydrogen) atoms. The predicted molar refractivity (Wildman–Crippen MR) is 41.9 cm³/mol. The lowest BCUT2D eigenvalue weighted by molar-refractivity contribution is -0.138. The fraction of sp³-hybridized carbons (Fsp3) is 0.400. The van der Waals surface area contributed by atoms with Crippen LogP contribution in [0.5, 0.6) is 6.01 Å². The van der Waals surface area contributed by atoms with Gasteiger partial charge in [0.05, 0.1) is 7.11 Å². The van der Waals surface area contributed by atoms with Crippen LogP contribution in [0, 0.1) is 0 Å². The van der Waals surface area contributed by atoms with E-state index >= 15 is 0 Å². The minimum Gasteiger partial charge on any atom is -0.480 e. The molecule has 0 saturated heterocycles. The molecule has 7 heteroatoms. The highest BCUT2D eigenvalue weighted by atomic mass is 79.9. The van der Waals surface area contributed by atoms with Crippen molar-refractivity contribution in [3.8, 4) is 6.01 Å². The SMILES string of the molecule is COc1nc(Br)nn1CC(=O)O. The first-order valence-electron chi connectivity index (χ1n) is 2.99. The van der Waals surface area contributed by atoms with E-state index in [9.17, 15) is 4.79 Å². The molecular formula is C5H6BrN3O3. The molecule has 0 unspecified atom stereocenters. The van der Waals surface area contributed by atoms with Crippen molar-refractivity contribution in [1.29, 1.82) is 0 Å². The Labute approximate surface area is 76.3 Å². The van der Waals surface area contributed by atoms with E-state index in [1.54, 1.807) is 0 Å². The first-order valence-corrected chi connectivity index (χ1v) is 3.79. The van der Waals surface area contributed by atoms with E-state index in [4.69, 9.17) is 9.84 Å². The van der Waals surface area contributed by atoms with E-state index in [1.165, 1.54) is 7.11 Å². The van der Waals surface area contributed by atoms with Crippen molar-refractivity contribution in [2.24, 2.45) is 0 Å². The maximum atomic E-state index is 10.3. The van der Waals surface area contributed by atoms with E-state index in [0.29, 0.717) is 4.73 Å². The summed E-state index contributed by atoms with van der Waals surface area (Å²) in [5.41, 5.74) is 0. The van der Waals surface area contributed by atoms with E-state index in [1.807, 2.05) is 0 Å². The maximum Gasteiger partial charge on any atom is 0.325 e. The minimum absolute atomic E-state index is 0.171. The highest BCUT2D eigenvalue weighted by Gasteiger charge is 2.10. The molecule has 1 aromatic heterocycles. The second-order valence-electron chi connectivity index (χ2n) is 1.92. The van der Waals surface area contributed by atoms with Crippen molar-refractivity contribution < 1.29 is 14.6 Å². The third-order valence-corrected chi connectivity index (χ3v) is 1.42. The Morgan fingerprint density at radius 3 is 3.00 bits per heavy atom. The summed E-state index contributed by atoms with van der Waals surface area (Å²) in [6.07, 6.45) is 0. The number of halogens is 1. The van der Waals surface area contributed by atoms with Crippen LogP contribution in [-0.4, -0.2) is 33.0 Å². The van der Waals surface area contributed by atoms with Gasteiger partial charge >= 0.3 is 12.0 Å². The van der Waals surface area contributed by atoms with Crippen LogP contribution in [-0.2, 0) is 11.3 Å². The molecule has 0 bridgehead atoms. The van der Waals surface area contributed by atoms with Gasteiger partial charge in [-0.1, -0.05) is 0 Å². The van der Waals surface area contributed by atoms with Crippen molar-refractivity contribution in [2.45, 2.75) is 6.54 Å². The Hall–Kier alpha value is -1.11. The highest BCUT2D eigenvalue weighted by Crippen LogP contribution is 2.10. The molecule has 0 aromatic carbocycles. The molecule has 1 aromatic rings. The molecule has 0 atom stereocenters. The summed E-state index contributed by atoms with van der Waals surface area (Å²) in [6.45, 7) is -0.262. The molecule has 0 aliphatic heterocycles. The summed E-state index contributed by atoms with van der Waals surface area (Å²) < 4.78 is 6.21. The van der Waals surface area contributed by atoms with E-state index in [-0.39, 0.29) is 12.6 Å². The fourth-order valence-corrected chi connectivity index (χ4v) is 1.03. The molecular weight excluding hydrogens is 230 g/mol. The second-order valence-corrected chi connectivity index (χ2v) is 2.63. The van der Waals surface area contributed by atoms with Crippen molar-refractivity contribution in [2.75, 3.05) is 7.11 Å². The van der Waals surface area contributed by atoms with Gasteiger partial charge in [-0.2, -0.15) is 4.98 Å². The molecule has 0 saturated carbocycles. The van der Waals surface area contributed by atoms with Crippen LogP contribution in [0.15, 0.2) is 4.73 Å². The van der Waals surface area contributed by atoms with Crippen LogP contribution < -0.4 is 4.74 Å². The largest absolute Gasteiger partial charge is 0.480 e. The number of carbonyl (C=O) groups is 1.